The summed E-state index contributed by atoms with van der Waals surface area (Å²) in [4.78, 5) is 13.2. The van der Waals surface area contributed by atoms with Crippen molar-refractivity contribution < 1.29 is 13.6 Å². The summed E-state index contributed by atoms with van der Waals surface area (Å²) < 4.78 is 13.3. The van der Waals surface area contributed by atoms with E-state index in [0.29, 0.717) is 12.2 Å². The molecule has 0 spiro atoms. The Morgan fingerprint density at radius 1 is 0.795 bits per heavy atom. The average molecular weight is 575 g/mol. The lowest BCUT2D eigenvalue weighted by atomic mass is 9.83. The van der Waals surface area contributed by atoms with Gasteiger partial charge in [0.15, 0.2) is 16.6 Å². The number of benzene rings is 1. The van der Waals surface area contributed by atoms with E-state index in [2.05, 4.69) is 98.9 Å². The smallest absolute Gasteiger partial charge is 0.192 e. The van der Waals surface area contributed by atoms with Gasteiger partial charge in [-0.25, -0.2) is 0 Å². The molecule has 3 nitrogen and oxygen atoms in total. The van der Waals surface area contributed by atoms with Gasteiger partial charge < -0.3 is 8.85 Å². The molecule has 0 heterocycles. The number of hydrogen-bond acceptors (Lipinski definition) is 3. The average Bonchev–Trinajstić information content (AvgIpc) is 3.11. The Balaban J connectivity index is 1.97. The molecule has 0 radical (unpaired) electrons. The molecular weight excluding hydrogens is 513 g/mol. The Labute approximate surface area is 244 Å². The molecule has 0 aliphatic heterocycles. The van der Waals surface area contributed by atoms with E-state index in [4.69, 9.17) is 8.85 Å². The molecule has 1 aromatic carbocycles. The molecular formula is C34H62O3Si2. The Kier molecular flexibility index (Phi) is 12.7. The van der Waals surface area contributed by atoms with Gasteiger partial charge >= 0.3 is 0 Å². The first-order valence-electron chi connectivity index (χ1n) is 15.9. The van der Waals surface area contributed by atoms with Crippen LogP contribution in [0.4, 0.5) is 0 Å². The second-order valence-corrected chi connectivity index (χ2v) is 24.8. The minimum Gasteiger partial charge on any atom is -0.417 e. The van der Waals surface area contributed by atoms with E-state index in [1.807, 2.05) is 0 Å². The minimum atomic E-state index is -1.96. The standard InChI is InChI=1S/C34H62O3Si2/c1-12-13-16-20-29-30(35)26-31(37-39(10,11)34(5,6)7)32(29)28-23-21-27(22-24-28)19-17-14-15-18-25-36-38(8,9)33(2,3)4/h21-24,29,31-32H,12-20,25-26H2,1-11H3/t29-,31+,32+/m0/s1. The number of hydrogen-bond donors (Lipinski definition) is 0. The van der Waals surface area contributed by atoms with Crippen LogP contribution in [0.5, 0.6) is 0 Å². The van der Waals surface area contributed by atoms with Gasteiger partial charge in [0.2, 0.25) is 0 Å². The number of Topliss-reactive ketones (excluding diaryl/α,β-unsaturated/α-hetero) is 1. The van der Waals surface area contributed by atoms with Crippen molar-refractivity contribution in [2.45, 2.75) is 161 Å². The van der Waals surface area contributed by atoms with Gasteiger partial charge in [0.1, 0.15) is 5.78 Å². The summed E-state index contributed by atoms with van der Waals surface area (Å²) in [6.07, 6.45) is 11.1. The Bertz CT molecular complexity index is 877. The molecule has 0 unspecified atom stereocenters. The molecule has 224 valence electrons. The maximum atomic E-state index is 13.2. The van der Waals surface area contributed by atoms with Crippen LogP contribution in [0.1, 0.15) is 123 Å². The third-order valence-electron chi connectivity index (χ3n) is 10.0. The van der Waals surface area contributed by atoms with Gasteiger partial charge in [0.25, 0.3) is 0 Å². The summed E-state index contributed by atoms with van der Waals surface area (Å²) in [6.45, 7) is 26.3. The first-order chi connectivity index (χ1) is 18.0. The monoisotopic (exact) mass is 574 g/mol. The van der Waals surface area contributed by atoms with E-state index in [1.165, 1.54) is 43.2 Å². The summed E-state index contributed by atoms with van der Waals surface area (Å²) >= 11 is 0. The maximum absolute atomic E-state index is 13.2. The first-order valence-corrected chi connectivity index (χ1v) is 21.7. The van der Waals surface area contributed by atoms with Gasteiger partial charge in [-0.05, 0) is 73.1 Å². The van der Waals surface area contributed by atoms with E-state index in [-0.39, 0.29) is 28.0 Å². The van der Waals surface area contributed by atoms with Crippen LogP contribution in [-0.2, 0) is 20.1 Å². The second kappa shape index (κ2) is 14.4. The number of ketones is 1. The summed E-state index contributed by atoms with van der Waals surface area (Å²) in [5.41, 5.74) is 2.71. The van der Waals surface area contributed by atoms with Gasteiger partial charge in [-0.3, -0.25) is 4.79 Å². The van der Waals surface area contributed by atoms with Gasteiger partial charge in [-0.1, -0.05) is 105 Å². The highest BCUT2D eigenvalue weighted by Gasteiger charge is 2.48. The number of carbonyl (C=O) groups excluding carboxylic acids is 1. The van der Waals surface area contributed by atoms with Crippen LogP contribution in [0.2, 0.25) is 36.3 Å². The van der Waals surface area contributed by atoms with Crippen molar-refractivity contribution in [1.82, 2.24) is 0 Å². The van der Waals surface area contributed by atoms with Gasteiger partial charge in [-0.2, -0.15) is 0 Å². The lowest BCUT2D eigenvalue weighted by molar-refractivity contribution is -0.121. The van der Waals surface area contributed by atoms with Crippen molar-refractivity contribution >= 4 is 22.4 Å². The predicted octanol–water partition coefficient (Wildman–Crippen LogP) is 10.5. The van der Waals surface area contributed by atoms with Gasteiger partial charge in [0, 0.05) is 24.9 Å². The normalized spacial score (nSPS) is 21.1. The Morgan fingerprint density at radius 2 is 1.38 bits per heavy atom. The van der Waals surface area contributed by atoms with Crippen molar-refractivity contribution in [3.05, 3.63) is 35.4 Å². The predicted molar refractivity (Wildman–Crippen MR) is 174 cm³/mol. The topological polar surface area (TPSA) is 35.5 Å². The fourth-order valence-corrected chi connectivity index (χ4v) is 7.67. The molecule has 2 rings (SSSR count). The Morgan fingerprint density at radius 3 is 1.95 bits per heavy atom. The summed E-state index contributed by atoms with van der Waals surface area (Å²) in [5, 5.41) is 0.430. The lowest BCUT2D eigenvalue weighted by Crippen LogP contribution is -2.44. The largest absolute Gasteiger partial charge is 0.417 e. The number of carbonyl (C=O) groups is 1. The molecule has 1 aliphatic carbocycles. The molecule has 1 aromatic rings. The molecule has 0 saturated heterocycles. The number of aryl methyl sites for hydroxylation is 1. The molecule has 39 heavy (non-hydrogen) atoms. The molecule has 5 heteroatoms. The van der Waals surface area contributed by atoms with Gasteiger partial charge in [0.05, 0.1) is 6.10 Å². The second-order valence-electron chi connectivity index (χ2n) is 15.2. The van der Waals surface area contributed by atoms with Crippen LogP contribution < -0.4 is 0 Å². The third-order valence-corrected chi connectivity index (χ3v) is 19.1. The molecule has 1 aliphatic rings. The van der Waals surface area contributed by atoms with Crippen molar-refractivity contribution in [3.8, 4) is 0 Å². The first kappa shape index (κ1) is 34.4. The SMILES string of the molecule is CCCCC[C@H]1C(=O)C[C@@H](O[Si](C)(C)C(C)(C)C)[C@@H]1c1ccc(CCCCCCO[Si](C)(C)C(C)(C)C)cc1. The van der Waals surface area contributed by atoms with Crippen molar-refractivity contribution in [2.24, 2.45) is 5.92 Å². The zero-order valence-electron chi connectivity index (χ0n) is 27.5. The molecule has 3 atom stereocenters. The third kappa shape index (κ3) is 9.93. The highest BCUT2D eigenvalue weighted by Crippen LogP contribution is 2.46. The minimum absolute atomic E-state index is 0.0180. The zero-order valence-corrected chi connectivity index (χ0v) is 29.5. The fourth-order valence-electron chi connectivity index (χ4n) is 5.24. The van der Waals surface area contributed by atoms with Crippen molar-refractivity contribution in [1.29, 1.82) is 0 Å². The van der Waals surface area contributed by atoms with Crippen LogP contribution in [-0.4, -0.2) is 35.1 Å². The summed E-state index contributed by atoms with van der Waals surface area (Å²) in [5.74, 6) is 0.713. The maximum Gasteiger partial charge on any atom is 0.192 e. The lowest BCUT2D eigenvalue weighted by Gasteiger charge is -2.40. The van der Waals surface area contributed by atoms with Crippen LogP contribution in [0, 0.1) is 5.92 Å². The molecule has 0 bridgehead atoms. The van der Waals surface area contributed by atoms with Gasteiger partial charge in [-0.15, -0.1) is 0 Å². The molecule has 0 aromatic heterocycles. The number of rotatable bonds is 15. The van der Waals surface area contributed by atoms with E-state index in [9.17, 15) is 4.79 Å². The molecule has 0 amide bonds. The zero-order chi connectivity index (χ0) is 29.5. The van der Waals surface area contributed by atoms with E-state index in [1.54, 1.807) is 0 Å². The highest BCUT2D eigenvalue weighted by atomic mass is 28.4. The molecule has 1 saturated carbocycles. The fraction of sp³-hybridized carbons (Fsp3) is 0.794. The number of unbranched alkanes of at least 4 members (excludes halogenated alkanes) is 5. The van der Waals surface area contributed by atoms with E-state index in [0.717, 1.165) is 32.3 Å². The Hall–Kier alpha value is -0.756. The van der Waals surface area contributed by atoms with E-state index < -0.39 is 16.6 Å². The van der Waals surface area contributed by atoms with Crippen molar-refractivity contribution in [2.75, 3.05) is 6.61 Å². The summed E-state index contributed by atoms with van der Waals surface area (Å²) in [6, 6.07) is 9.23. The quantitative estimate of drug-likeness (QED) is 0.154. The highest BCUT2D eigenvalue weighted by molar-refractivity contribution is 6.74. The van der Waals surface area contributed by atoms with Crippen LogP contribution in [0.25, 0.3) is 0 Å². The molecule has 1 fully saturated rings. The van der Waals surface area contributed by atoms with Crippen LogP contribution >= 0.6 is 0 Å². The molecule has 0 N–H and O–H groups in total. The van der Waals surface area contributed by atoms with E-state index >= 15 is 0 Å². The van der Waals surface area contributed by atoms with Crippen LogP contribution in [0.3, 0.4) is 0 Å². The van der Waals surface area contributed by atoms with Crippen molar-refractivity contribution in [3.63, 3.8) is 0 Å². The van der Waals surface area contributed by atoms with Crippen LogP contribution in [0.15, 0.2) is 24.3 Å². The summed E-state index contributed by atoms with van der Waals surface area (Å²) in [7, 11) is -3.58.